The van der Waals surface area contributed by atoms with Crippen molar-refractivity contribution in [3.8, 4) is 0 Å². The van der Waals surface area contributed by atoms with E-state index >= 15 is 0 Å². The number of pyridine rings is 1. The Balaban J connectivity index is 2.42. The minimum absolute atomic E-state index is 0.143. The fraction of sp³-hybridized carbons (Fsp3) is 0.357. The third-order valence-electron chi connectivity index (χ3n) is 3.08. The lowest BCUT2D eigenvalue weighted by molar-refractivity contribution is -0.117. The van der Waals surface area contributed by atoms with Crippen molar-refractivity contribution < 1.29 is 9.59 Å². The van der Waals surface area contributed by atoms with Crippen LogP contribution in [0.25, 0.3) is 11.0 Å². The molecule has 0 aliphatic rings. The molecule has 1 amide bonds. The fourth-order valence-corrected chi connectivity index (χ4v) is 2.18. The number of primary amides is 1. The largest absolute Gasteiger partial charge is 0.364 e. The number of Topliss-reactive ketones (excluding diaryl/α,β-unsaturated/α-hetero) is 1. The first-order valence-electron chi connectivity index (χ1n) is 6.26. The van der Waals surface area contributed by atoms with Gasteiger partial charge in [-0.05, 0) is 38.8 Å². The molecule has 2 aromatic rings. The number of ketones is 1. The van der Waals surface area contributed by atoms with Crippen LogP contribution in [-0.2, 0) is 11.2 Å². The average Bonchev–Trinajstić information content (AvgIpc) is 2.67. The maximum absolute atomic E-state index is 11.5. The molecule has 2 rings (SSSR count). The Morgan fingerprint density at radius 1 is 1.37 bits per heavy atom. The minimum atomic E-state index is -0.492. The summed E-state index contributed by atoms with van der Waals surface area (Å²) in [5.41, 5.74) is 9.06. The average molecular weight is 259 g/mol. The quantitative estimate of drug-likeness (QED) is 0.859. The summed E-state index contributed by atoms with van der Waals surface area (Å²) in [5.74, 6) is -0.349. The number of nitrogens with one attached hydrogen (secondary N) is 1. The summed E-state index contributed by atoms with van der Waals surface area (Å²) in [4.78, 5) is 29.9. The number of aromatic nitrogens is 2. The van der Waals surface area contributed by atoms with E-state index in [1.165, 1.54) is 0 Å². The van der Waals surface area contributed by atoms with E-state index in [4.69, 9.17) is 5.73 Å². The second-order valence-corrected chi connectivity index (χ2v) is 4.75. The Morgan fingerprint density at radius 3 is 2.74 bits per heavy atom. The van der Waals surface area contributed by atoms with Crippen LogP contribution in [0.3, 0.4) is 0 Å². The molecule has 0 fully saturated rings. The first-order chi connectivity index (χ1) is 8.99. The van der Waals surface area contributed by atoms with Crippen molar-refractivity contribution in [1.82, 2.24) is 9.97 Å². The lowest BCUT2D eigenvalue weighted by Gasteiger charge is -2.01. The van der Waals surface area contributed by atoms with E-state index in [9.17, 15) is 9.59 Å². The van der Waals surface area contributed by atoms with Crippen LogP contribution in [0.15, 0.2) is 12.1 Å². The predicted octanol–water partition coefficient (Wildman–Crippen LogP) is 1.88. The van der Waals surface area contributed by atoms with Crippen LogP contribution >= 0.6 is 0 Å². The van der Waals surface area contributed by atoms with Gasteiger partial charge in [-0.25, -0.2) is 0 Å². The van der Waals surface area contributed by atoms with Crippen LogP contribution in [0.2, 0.25) is 0 Å². The number of nitrogens with two attached hydrogens (primary N) is 1. The van der Waals surface area contributed by atoms with Gasteiger partial charge in [-0.1, -0.05) is 0 Å². The molecule has 3 N–H and O–H groups in total. The number of H-pyrrole nitrogens is 1. The van der Waals surface area contributed by atoms with Gasteiger partial charge in [-0.3, -0.25) is 9.78 Å². The number of rotatable bonds is 5. The van der Waals surface area contributed by atoms with E-state index in [0.29, 0.717) is 25.0 Å². The van der Waals surface area contributed by atoms with Gasteiger partial charge in [0.2, 0.25) is 0 Å². The van der Waals surface area contributed by atoms with Gasteiger partial charge in [0.25, 0.3) is 5.91 Å². The lowest BCUT2D eigenvalue weighted by atomic mass is 10.1. The molecule has 0 aromatic carbocycles. The van der Waals surface area contributed by atoms with Gasteiger partial charge in [0, 0.05) is 17.7 Å². The molecule has 0 saturated heterocycles. The van der Waals surface area contributed by atoms with Crippen molar-refractivity contribution in [2.75, 3.05) is 0 Å². The number of amides is 1. The Labute approximate surface area is 111 Å². The molecule has 19 heavy (non-hydrogen) atoms. The van der Waals surface area contributed by atoms with Crippen molar-refractivity contribution in [2.45, 2.75) is 33.1 Å². The number of aryl methyl sites for hydroxylation is 2. The third-order valence-corrected chi connectivity index (χ3v) is 3.08. The molecule has 5 heteroatoms. The summed E-state index contributed by atoms with van der Waals surface area (Å²) in [7, 11) is 0. The predicted molar refractivity (Wildman–Crippen MR) is 73.0 cm³/mol. The van der Waals surface area contributed by atoms with Crippen LogP contribution in [0.5, 0.6) is 0 Å². The molecule has 100 valence electrons. The molecule has 0 bridgehead atoms. The number of carbonyl (C=O) groups is 2. The smallest absolute Gasteiger partial charge is 0.265 e. The minimum Gasteiger partial charge on any atom is -0.364 e. The molecular weight excluding hydrogens is 242 g/mol. The van der Waals surface area contributed by atoms with E-state index in [1.807, 2.05) is 19.1 Å². The second kappa shape index (κ2) is 5.22. The number of carbonyl (C=O) groups excluding carboxylic acids is 2. The van der Waals surface area contributed by atoms with Gasteiger partial charge < -0.3 is 15.5 Å². The zero-order valence-corrected chi connectivity index (χ0v) is 11.1. The van der Waals surface area contributed by atoms with Crippen molar-refractivity contribution in [3.63, 3.8) is 0 Å². The molecule has 5 nitrogen and oxygen atoms in total. The highest BCUT2D eigenvalue weighted by molar-refractivity contribution is 5.99. The summed E-state index contributed by atoms with van der Waals surface area (Å²) >= 11 is 0. The number of hydrogen-bond acceptors (Lipinski definition) is 3. The Hall–Kier alpha value is -2.17. The van der Waals surface area contributed by atoms with Crippen molar-refractivity contribution >= 4 is 22.7 Å². The van der Waals surface area contributed by atoms with Crippen LogP contribution in [0.4, 0.5) is 0 Å². The number of hydrogen-bond donors (Lipinski definition) is 2. The first-order valence-corrected chi connectivity index (χ1v) is 6.26. The molecule has 2 aromatic heterocycles. The summed E-state index contributed by atoms with van der Waals surface area (Å²) < 4.78 is 0. The van der Waals surface area contributed by atoms with Crippen LogP contribution in [0.1, 0.15) is 41.5 Å². The summed E-state index contributed by atoms with van der Waals surface area (Å²) in [5, 5.41) is 0. The SMILES string of the molecule is CC(=O)CCCc1c(C(N)=O)[nH]c2ccc(C)nc12. The lowest BCUT2D eigenvalue weighted by Crippen LogP contribution is -2.13. The van der Waals surface area contributed by atoms with Crippen molar-refractivity contribution in [3.05, 3.63) is 29.1 Å². The van der Waals surface area contributed by atoms with E-state index in [1.54, 1.807) is 6.92 Å². The highest BCUT2D eigenvalue weighted by Crippen LogP contribution is 2.22. The first kappa shape index (κ1) is 13.3. The summed E-state index contributed by atoms with van der Waals surface area (Å²) in [6, 6.07) is 3.77. The molecular formula is C14H17N3O2. The van der Waals surface area contributed by atoms with Crippen LogP contribution in [0, 0.1) is 6.92 Å². The molecule has 0 aliphatic heterocycles. The molecule has 0 spiro atoms. The van der Waals surface area contributed by atoms with Crippen LogP contribution < -0.4 is 5.73 Å². The zero-order chi connectivity index (χ0) is 14.0. The fourth-order valence-electron chi connectivity index (χ4n) is 2.18. The van der Waals surface area contributed by atoms with E-state index in [-0.39, 0.29) is 5.78 Å². The maximum Gasteiger partial charge on any atom is 0.265 e. The number of aromatic amines is 1. The Morgan fingerprint density at radius 2 is 2.11 bits per heavy atom. The molecule has 2 heterocycles. The third kappa shape index (κ3) is 2.81. The molecule has 0 radical (unpaired) electrons. The maximum atomic E-state index is 11.5. The van der Waals surface area contributed by atoms with Gasteiger partial charge in [-0.2, -0.15) is 0 Å². The molecule has 0 saturated carbocycles. The highest BCUT2D eigenvalue weighted by atomic mass is 16.1. The standard InChI is InChI=1S/C14H17N3O2/c1-8-6-7-11-12(16-8)10(5-3-4-9(2)18)13(17-11)14(15)19/h6-7,17H,3-5H2,1-2H3,(H2,15,19). The second-order valence-electron chi connectivity index (χ2n) is 4.75. The van der Waals surface area contributed by atoms with E-state index in [0.717, 1.165) is 22.3 Å². The van der Waals surface area contributed by atoms with Gasteiger partial charge >= 0.3 is 0 Å². The number of nitrogens with zero attached hydrogens (tertiary/aromatic N) is 1. The van der Waals surface area contributed by atoms with E-state index < -0.39 is 5.91 Å². The van der Waals surface area contributed by atoms with Crippen molar-refractivity contribution in [2.24, 2.45) is 5.73 Å². The molecule has 0 atom stereocenters. The Kier molecular flexibility index (Phi) is 3.64. The van der Waals surface area contributed by atoms with Gasteiger partial charge in [0.15, 0.2) is 0 Å². The number of fused-ring (bicyclic) bond motifs is 1. The van der Waals surface area contributed by atoms with Crippen molar-refractivity contribution in [1.29, 1.82) is 0 Å². The zero-order valence-electron chi connectivity index (χ0n) is 11.1. The highest BCUT2D eigenvalue weighted by Gasteiger charge is 2.16. The van der Waals surface area contributed by atoms with Gasteiger partial charge in [-0.15, -0.1) is 0 Å². The molecule has 0 unspecified atom stereocenters. The topological polar surface area (TPSA) is 88.8 Å². The summed E-state index contributed by atoms with van der Waals surface area (Å²) in [6.07, 6.45) is 1.81. The molecule has 0 aliphatic carbocycles. The van der Waals surface area contributed by atoms with Gasteiger partial charge in [0.1, 0.15) is 11.5 Å². The normalized spacial score (nSPS) is 10.8. The summed E-state index contributed by atoms with van der Waals surface area (Å²) in [6.45, 7) is 3.46. The van der Waals surface area contributed by atoms with E-state index in [2.05, 4.69) is 9.97 Å². The van der Waals surface area contributed by atoms with Crippen LogP contribution in [-0.4, -0.2) is 21.7 Å². The van der Waals surface area contributed by atoms with Gasteiger partial charge in [0.05, 0.1) is 11.0 Å². The monoisotopic (exact) mass is 259 g/mol. The Bertz CT molecular complexity index is 643.